The molecule has 1 fully saturated rings. The third-order valence-corrected chi connectivity index (χ3v) is 3.61. The van der Waals surface area contributed by atoms with Gasteiger partial charge in [-0.3, -0.25) is 9.48 Å². The molecule has 0 amide bonds. The SMILES string of the molecule is Cn1ncc2cc(C3CCC(=O)CC3)cnc21. The van der Waals surface area contributed by atoms with Crippen LogP contribution in [0, 0.1) is 0 Å². The van der Waals surface area contributed by atoms with Crippen LogP contribution < -0.4 is 0 Å². The maximum atomic E-state index is 11.2. The van der Waals surface area contributed by atoms with Crippen LogP contribution in [0.25, 0.3) is 11.0 Å². The van der Waals surface area contributed by atoms with Gasteiger partial charge in [0.1, 0.15) is 5.78 Å². The van der Waals surface area contributed by atoms with E-state index < -0.39 is 0 Å². The van der Waals surface area contributed by atoms with Crippen LogP contribution in [0.3, 0.4) is 0 Å². The van der Waals surface area contributed by atoms with E-state index in [4.69, 9.17) is 0 Å². The minimum absolute atomic E-state index is 0.400. The summed E-state index contributed by atoms with van der Waals surface area (Å²) in [6.07, 6.45) is 7.15. The van der Waals surface area contributed by atoms with Crippen LogP contribution in [0.1, 0.15) is 37.2 Å². The second-order valence-corrected chi connectivity index (χ2v) is 4.76. The lowest BCUT2D eigenvalue weighted by molar-refractivity contribution is -0.120. The maximum absolute atomic E-state index is 11.2. The summed E-state index contributed by atoms with van der Waals surface area (Å²) in [4.78, 5) is 15.7. The van der Waals surface area contributed by atoms with Crippen molar-refractivity contribution in [1.29, 1.82) is 0 Å². The van der Waals surface area contributed by atoms with Crippen molar-refractivity contribution in [3.63, 3.8) is 0 Å². The van der Waals surface area contributed by atoms with Crippen molar-refractivity contribution in [2.45, 2.75) is 31.6 Å². The van der Waals surface area contributed by atoms with Gasteiger partial charge in [0.2, 0.25) is 0 Å². The van der Waals surface area contributed by atoms with Gasteiger partial charge in [-0.2, -0.15) is 5.10 Å². The molecule has 0 saturated heterocycles. The second kappa shape index (κ2) is 3.95. The maximum Gasteiger partial charge on any atom is 0.157 e. The Morgan fingerprint density at radius 1 is 1.29 bits per heavy atom. The van der Waals surface area contributed by atoms with Crippen molar-refractivity contribution >= 4 is 16.8 Å². The third kappa shape index (κ3) is 1.84. The largest absolute Gasteiger partial charge is 0.300 e. The van der Waals surface area contributed by atoms with E-state index in [1.54, 1.807) is 4.68 Å². The molecule has 0 spiro atoms. The van der Waals surface area contributed by atoms with Gasteiger partial charge in [-0.05, 0) is 30.4 Å². The Hall–Kier alpha value is -1.71. The van der Waals surface area contributed by atoms with Crippen LogP contribution in [0.15, 0.2) is 18.5 Å². The molecule has 4 heteroatoms. The van der Waals surface area contributed by atoms with Gasteiger partial charge in [0.15, 0.2) is 5.65 Å². The zero-order valence-electron chi connectivity index (χ0n) is 9.89. The normalized spacial score (nSPS) is 17.8. The average Bonchev–Trinajstić information content (AvgIpc) is 2.72. The fourth-order valence-corrected chi connectivity index (χ4v) is 2.56. The van der Waals surface area contributed by atoms with Crippen LogP contribution in [-0.2, 0) is 11.8 Å². The summed E-state index contributed by atoms with van der Waals surface area (Å²) >= 11 is 0. The Morgan fingerprint density at radius 2 is 2.06 bits per heavy atom. The number of rotatable bonds is 1. The van der Waals surface area contributed by atoms with E-state index in [1.807, 2.05) is 19.4 Å². The molecule has 17 heavy (non-hydrogen) atoms. The molecule has 3 rings (SSSR count). The topological polar surface area (TPSA) is 47.8 Å². The Morgan fingerprint density at radius 3 is 2.82 bits per heavy atom. The van der Waals surface area contributed by atoms with Gasteiger partial charge in [0, 0.05) is 31.5 Å². The predicted molar refractivity (Wildman–Crippen MR) is 64.7 cm³/mol. The summed E-state index contributed by atoms with van der Waals surface area (Å²) in [7, 11) is 1.90. The molecule has 1 aliphatic rings. The number of hydrogen-bond donors (Lipinski definition) is 0. The number of carbonyl (C=O) groups is 1. The summed E-state index contributed by atoms with van der Waals surface area (Å²) in [6.45, 7) is 0. The van der Waals surface area contributed by atoms with Crippen molar-refractivity contribution in [3.05, 3.63) is 24.0 Å². The lowest BCUT2D eigenvalue weighted by Crippen LogP contribution is -2.12. The van der Waals surface area contributed by atoms with E-state index in [2.05, 4.69) is 16.1 Å². The van der Waals surface area contributed by atoms with Crippen molar-refractivity contribution in [3.8, 4) is 0 Å². The van der Waals surface area contributed by atoms with E-state index in [0.717, 1.165) is 36.7 Å². The molecule has 0 bridgehead atoms. The highest BCUT2D eigenvalue weighted by Gasteiger charge is 2.20. The number of pyridine rings is 1. The molecule has 4 nitrogen and oxygen atoms in total. The van der Waals surface area contributed by atoms with E-state index in [9.17, 15) is 4.79 Å². The van der Waals surface area contributed by atoms with E-state index in [-0.39, 0.29) is 0 Å². The van der Waals surface area contributed by atoms with Crippen molar-refractivity contribution in [2.75, 3.05) is 0 Å². The summed E-state index contributed by atoms with van der Waals surface area (Å²) in [5.41, 5.74) is 2.17. The minimum Gasteiger partial charge on any atom is -0.300 e. The zero-order valence-corrected chi connectivity index (χ0v) is 9.89. The summed E-state index contributed by atoms with van der Waals surface area (Å²) in [6, 6.07) is 2.16. The molecule has 2 aromatic heterocycles. The fraction of sp³-hybridized carbons (Fsp3) is 0.462. The number of aromatic nitrogens is 3. The van der Waals surface area contributed by atoms with Crippen molar-refractivity contribution in [2.24, 2.45) is 7.05 Å². The molecule has 88 valence electrons. The van der Waals surface area contributed by atoms with Gasteiger partial charge >= 0.3 is 0 Å². The molecule has 0 aromatic carbocycles. The van der Waals surface area contributed by atoms with Gasteiger partial charge in [0.05, 0.1) is 6.20 Å². The monoisotopic (exact) mass is 229 g/mol. The summed E-state index contributed by atoms with van der Waals surface area (Å²) in [5, 5.41) is 5.28. The first-order valence-electron chi connectivity index (χ1n) is 6.03. The first-order chi connectivity index (χ1) is 8.24. The predicted octanol–water partition coefficient (Wildman–Crippen LogP) is 2.20. The Balaban J connectivity index is 1.92. The van der Waals surface area contributed by atoms with Gasteiger partial charge in [-0.25, -0.2) is 4.98 Å². The third-order valence-electron chi connectivity index (χ3n) is 3.61. The van der Waals surface area contributed by atoms with E-state index in [1.165, 1.54) is 5.56 Å². The van der Waals surface area contributed by atoms with Gasteiger partial charge in [-0.15, -0.1) is 0 Å². The fourth-order valence-electron chi connectivity index (χ4n) is 2.56. The van der Waals surface area contributed by atoms with Gasteiger partial charge in [0.25, 0.3) is 0 Å². The van der Waals surface area contributed by atoms with Crippen LogP contribution in [0.5, 0.6) is 0 Å². The van der Waals surface area contributed by atoms with Crippen molar-refractivity contribution in [1.82, 2.24) is 14.8 Å². The zero-order chi connectivity index (χ0) is 11.8. The molecular weight excluding hydrogens is 214 g/mol. The van der Waals surface area contributed by atoms with E-state index >= 15 is 0 Å². The Bertz CT molecular complexity index is 563. The highest BCUT2D eigenvalue weighted by Crippen LogP contribution is 2.31. The molecule has 1 aliphatic carbocycles. The Labute approximate surface area is 99.7 Å². The molecule has 0 unspecified atom stereocenters. The van der Waals surface area contributed by atoms with Crippen LogP contribution in [-0.4, -0.2) is 20.5 Å². The molecule has 1 saturated carbocycles. The highest BCUT2D eigenvalue weighted by atomic mass is 16.1. The number of Topliss-reactive ketones (excluding diaryl/α,β-unsaturated/α-hetero) is 1. The number of hydrogen-bond acceptors (Lipinski definition) is 3. The number of fused-ring (bicyclic) bond motifs is 1. The first kappa shape index (κ1) is 10.4. The van der Waals surface area contributed by atoms with Crippen LogP contribution in [0.4, 0.5) is 0 Å². The molecule has 2 aromatic rings. The average molecular weight is 229 g/mol. The highest BCUT2D eigenvalue weighted by molar-refractivity contribution is 5.79. The Kier molecular flexibility index (Phi) is 2.42. The van der Waals surface area contributed by atoms with E-state index in [0.29, 0.717) is 11.7 Å². The minimum atomic E-state index is 0.400. The molecule has 0 N–H and O–H groups in total. The quantitative estimate of drug-likeness (QED) is 0.753. The van der Waals surface area contributed by atoms with Gasteiger partial charge < -0.3 is 0 Å². The molecular formula is C13H15N3O. The standard InChI is InChI=1S/C13H15N3O/c1-16-13-11(8-15-16)6-10(7-14-13)9-2-4-12(17)5-3-9/h6-9H,2-5H2,1H3. The van der Waals surface area contributed by atoms with Gasteiger partial charge in [-0.1, -0.05) is 0 Å². The smallest absolute Gasteiger partial charge is 0.157 e. The molecule has 0 aliphatic heterocycles. The number of nitrogens with zero attached hydrogens (tertiary/aromatic N) is 3. The lowest BCUT2D eigenvalue weighted by Gasteiger charge is -2.20. The number of ketones is 1. The number of aryl methyl sites for hydroxylation is 1. The second-order valence-electron chi connectivity index (χ2n) is 4.76. The molecule has 0 radical (unpaired) electrons. The number of carbonyl (C=O) groups excluding carboxylic acids is 1. The molecule has 0 atom stereocenters. The molecule has 2 heterocycles. The van der Waals surface area contributed by atoms with Crippen LogP contribution >= 0.6 is 0 Å². The summed E-state index contributed by atoms with van der Waals surface area (Å²) < 4.78 is 1.78. The van der Waals surface area contributed by atoms with Crippen LogP contribution in [0.2, 0.25) is 0 Å². The summed E-state index contributed by atoms with van der Waals surface area (Å²) in [5.74, 6) is 0.890. The first-order valence-corrected chi connectivity index (χ1v) is 6.03. The lowest BCUT2D eigenvalue weighted by atomic mass is 9.84. The van der Waals surface area contributed by atoms with Crippen molar-refractivity contribution < 1.29 is 4.79 Å².